The number of carbonyl (C=O) groups is 1. The van der Waals surface area contributed by atoms with Crippen molar-refractivity contribution in [3.05, 3.63) is 47.7 Å². The fraction of sp³-hybridized carbons (Fsp3) is 0.333. The minimum Gasteiger partial charge on any atom is -0.435 e. The summed E-state index contributed by atoms with van der Waals surface area (Å²) in [4.78, 5) is 16.5. The second-order valence-corrected chi connectivity index (χ2v) is 5.87. The van der Waals surface area contributed by atoms with Crippen LogP contribution in [0.3, 0.4) is 0 Å². The minimum atomic E-state index is -2.87. The Hall–Kier alpha value is -2.90. The van der Waals surface area contributed by atoms with Gasteiger partial charge >= 0.3 is 12.6 Å². The molecule has 0 atom stereocenters. The molecule has 0 fully saturated rings. The minimum absolute atomic E-state index is 0.0399. The second kappa shape index (κ2) is 8.46. The number of aromatic nitrogens is 1. The number of benzene rings is 1. The molecule has 2 amide bonds. The van der Waals surface area contributed by atoms with Gasteiger partial charge in [0.2, 0.25) is 0 Å². The summed E-state index contributed by atoms with van der Waals surface area (Å²) in [5, 5.41) is 8.66. The number of urea groups is 1. The molecule has 0 saturated carbocycles. The molecule has 6 nitrogen and oxygen atoms in total. The third-order valence-corrected chi connectivity index (χ3v) is 3.96. The third kappa shape index (κ3) is 5.05. The lowest BCUT2D eigenvalue weighted by atomic mass is 10.1. The number of rotatable bonds is 6. The van der Waals surface area contributed by atoms with E-state index < -0.39 is 6.61 Å². The molecule has 2 aromatic rings. The molecule has 3 N–H and O–H groups in total. The monoisotopic (exact) mass is 362 g/mol. The van der Waals surface area contributed by atoms with Crippen molar-refractivity contribution in [3.63, 3.8) is 0 Å². The van der Waals surface area contributed by atoms with Gasteiger partial charge in [0.05, 0.1) is 0 Å². The summed E-state index contributed by atoms with van der Waals surface area (Å²) >= 11 is 0. The number of alkyl halides is 2. The van der Waals surface area contributed by atoms with Gasteiger partial charge in [-0.15, -0.1) is 0 Å². The van der Waals surface area contributed by atoms with Gasteiger partial charge in [0, 0.05) is 30.9 Å². The van der Waals surface area contributed by atoms with Crippen LogP contribution in [0.2, 0.25) is 0 Å². The number of carbonyl (C=O) groups excluding carboxylic acids is 1. The summed E-state index contributed by atoms with van der Waals surface area (Å²) in [6, 6.07) is 9.41. The van der Waals surface area contributed by atoms with E-state index in [0.29, 0.717) is 18.7 Å². The zero-order valence-electron chi connectivity index (χ0n) is 14.1. The maximum atomic E-state index is 12.1. The molecule has 8 heteroatoms. The predicted octanol–water partition coefficient (Wildman–Crippen LogP) is 3.41. The van der Waals surface area contributed by atoms with E-state index in [2.05, 4.69) is 31.7 Å². The van der Waals surface area contributed by atoms with E-state index in [9.17, 15) is 13.6 Å². The van der Waals surface area contributed by atoms with E-state index in [4.69, 9.17) is 0 Å². The second-order valence-electron chi connectivity index (χ2n) is 5.87. The molecule has 138 valence electrons. The van der Waals surface area contributed by atoms with Crippen LogP contribution in [0.5, 0.6) is 5.75 Å². The topological polar surface area (TPSA) is 75.3 Å². The Morgan fingerprint density at radius 2 is 2.04 bits per heavy atom. The fourth-order valence-corrected chi connectivity index (χ4v) is 2.71. The van der Waals surface area contributed by atoms with Gasteiger partial charge < -0.3 is 20.7 Å². The highest BCUT2D eigenvalue weighted by atomic mass is 19.3. The molecule has 0 aliphatic carbocycles. The smallest absolute Gasteiger partial charge is 0.387 e. The van der Waals surface area contributed by atoms with Crippen molar-refractivity contribution in [3.8, 4) is 5.75 Å². The Labute approximate surface area is 150 Å². The highest BCUT2D eigenvalue weighted by Gasteiger charge is 2.10. The first-order valence-corrected chi connectivity index (χ1v) is 8.42. The van der Waals surface area contributed by atoms with E-state index in [0.717, 1.165) is 30.9 Å². The zero-order valence-corrected chi connectivity index (χ0v) is 14.1. The lowest BCUT2D eigenvalue weighted by molar-refractivity contribution is -0.0498. The number of nitrogens with one attached hydrogen (secondary N) is 3. The Bertz CT molecular complexity index is 753. The number of aryl methyl sites for hydroxylation is 1. The number of pyridine rings is 1. The molecule has 0 unspecified atom stereocenters. The predicted molar refractivity (Wildman–Crippen MR) is 94.8 cm³/mol. The number of nitrogens with zero attached hydrogens (tertiary/aromatic N) is 1. The number of fused-ring (bicyclic) bond motifs is 1. The van der Waals surface area contributed by atoms with Crippen LogP contribution in [0.25, 0.3) is 0 Å². The normalized spacial score (nSPS) is 12.9. The largest absolute Gasteiger partial charge is 0.435 e. The Balaban J connectivity index is 1.44. The molecule has 3 rings (SSSR count). The third-order valence-electron chi connectivity index (χ3n) is 3.96. The summed E-state index contributed by atoms with van der Waals surface area (Å²) in [5.74, 6) is 0.974. The van der Waals surface area contributed by atoms with Gasteiger partial charge in [-0.1, -0.05) is 6.07 Å². The number of ether oxygens (including phenoxy) is 1. The number of halogens is 2. The lowest BCUT2D eigenvalue weighted by Gasteiger charge is -2.17. The zero-order chi connectivity index (χ0) is 18.4. The number of hydrogen-bond acceptors (Lipinski definition) is 4. The van der Waals surface area contributed by atoms with Crippen molar-refractivity contribution in [1.82, 2.24) is 10.3 Å². The average molecular weight is 362 g/mol. The van der Waals surface area contributed by atoms with Crippen LogP contribution in [-0.4, -0.2) is 30.7 Å². The van der Waals surface area contributed by atoms with Crippen molar-refractivity contribution in [2.75, 3.05) is 23.7 Å². The Kier molecular flexibility index (Phi) is 5.83. The molecule has 1 aliphatic heterocycles. The molecule has 0 radical (unpaired) electrons. The van der Waals surface area contributed by atoms with E-state index in [1.54, 1.807) is 0 Å². The van der Waals surface area contributed by atoms with E-state index in [-0.39, 0.29) is 11.8 Å². The maximum Gasteiger partial charge on any atom is 0.387 e. The van der Waals surface area contributed by atoms with Gasteiger partial charge in [0.15, 0.2) is 0 Å². The molecule has 1 aliphatic rings. The molecule has 0 spiro atoms. The van der Waals surface area contributed by atoms with E-state index >= 15 is 0 Å². The average Bonchev–Trinajstić information content (AvgIpc) is 2.63. The Morgan fingerprint density at radius 1 is 1.23 bits per heavy atom. The van der Waals surface area contributed by atoms with Crippen molar-refractivity contribution in [2.24, 2.45) is 0 Å². The molecular weight excluding hydrogens is 342 g/mol. The number of hydrogen-bond donors (Lipinski definition) is 3. The summed E-state index contributed by atoms with van der Waals surface area (Å²) in [6.07, 6.45) is 2.77. The van der Waals surface area contributed by atoms with Crippen molar-refractivity contribution < 1.29 is 18.3 Å². The fourth-order valence-electron chi connectivity index (χ4n) is 2.71. The highest BCUT2D eigenvalue weighted by molar-refractivity contribution is 5.89. The number of anilines is 2. The first-order valence-electron chi connectivity index (χ1n) is 8.42. The molecule has 26 heavy (non-hydrogen) atoms. The van der Waals surface area contributed by atoms with Crippen LogP contribution in [0.4, 0.5) is 25.1 Å². The Morgan fingerprint density at radius 3 is 2.81 bits per heavy atom. The molecule has 0 saturated heterocycles. The molecular formula is C18H20F2N4O2. The van der Waals surface area contributed by atoms with Crippen molar-refractivity contribution >= 4 is 17.5 Å². The van der Waals surface area contributed by atoms with Crippen LogP contribution in [-0.2, 0) is 12.8 Å². The van der Waals surface area contributed by atoms with Crippen LogP contribution < -0.4 is 20.7 Å². The van der Waals surface area contributed by atoms with Gasteiger partial charge in [-0.25, -0.2) is 9.78 Å². The standard InChI is InChI=1S/C18H20F2N4O2/c19-17(20)26-15-7-5-13(6-8-15)24-18(25)22-11-9-14-4-3-12-2-1-10-21-16(12)23-14/h3-8,17H,1-2,9-11H2,(H,21,23)(H2,22,24,25). The molecule has 0 bridgehead atoms. The highest BCUT2D eigenvalue weighted by Crippen LogP contribution is 2.20. The first kappa shape index (κ1) is 17.9. The molecule has 1 aromatic heterocycles. The lowest BCUT2D eigenvalue weighted by Crippen LogP contribution is -2.30. The van der Waals surface area contributed by atoms with Crippen molar-refractivity contribution in [2.45, 2.75) is 25.9 Å². The van der Waals surface area contributed by atoms with Gasteiger partial charge in [-0.2, -0.15) is 8.78 Å². The summed E-state index contributed by atoms with van der Waals surface area (Å²) in [7, 11) is 0. The van der Waals surface area contributed by atoms with Crippen LogP contribution in [0.1, 0.15) is 17.7 Å². The van der Waals surface area contributed by atoms with E-state index in [1.807, 2.05) is 6.07 Å². The molecule has 1 aromatic carbocycles. The van der Waals surface area contributed by atoms with E-state index in [1.165, 1.54) is 29.8 Å². The summed E-state index contributed by atoms with van der Waals surface area (Å²) < 4.78 is 28.4. The van der Waals surface area contributed by atoms with Crippen LogP contribution >= 0.6 is 0 Å². The SMILES string of the molecule is O=C(NCCc1ccc2c(n1)NCCC2)Nc1ccc(OC(F)F)cc1. The number of amides is 2. The van der Waals surface area contributed by atoms with Gasteiger partial charge in [-0.3, -0.25) is 0 Å². The van der Waals surface area contributed by atoms with Crippen LogP contribution in [0.15, 0.2) is 36.4 Å². The maximum absolute atomic E-state index is 12.1. The van der Waals surface area contributed by atoms with Gasteiger partial charge in [0.25, 0.3) is 0 Å². The van der Waals surface area contributed by atoms with Gasteiger partial charge in [0.1, 0.15) is 11.6 Å². The summed E-state index contributed by atoms with van der Waals surface area (Å²) in [5.41, 5.74) is 2.62. The first-order chi connectivity index (χ1) is 12.6. The summed E-state index contributed by atoms with van der Waals surface area (Å²) in [6.45, 7) is -1.50. The molecule has 2 heterocycles. The quantitative estimate of drug-likeness (QED) is 0.736. The van der Waals surface area contributed by atoms with Crippen LogP contribution in [0, 0.1) is 0 Å². The van der Waals surface area contributed by atoms with Crippen molar-refractivity contribution in [1.29, 1.82) is 0 Å². The van der Waals surface area contributed by atoms with Gasteiger partial charge in [-0.05, 0) is 48.7 Å².